The van der Waals surface area contributed by atoms with E-state index < -0.39 is 0 Å². The zero-order valence-electron chi connectivity index (χ0n) is 8.44. The number of hydrogen-bond acceptors (Lipinski definition) is 3. The number of likely N-dealkylation sites (N-methyl/N-ethyl adjacent to an activating group) is 1. The number of aromatic nitrogens is 1. The number of aliphatic hydroxyl groups is 1. The zero-order chi connectivity index (χ0) is 10.6. The Morgan fingerprint density at radius 1 is 1.64 bits per heavy atom. The molecule has 0 saturated heterocycles. The van der Waals surface area contributed by atoms with Gasteiger partial charge in [0.2, 0.25) is 0 Å². The molecule has 0 aliphatic heterocycles. The number of halogens is 1. The van der Waals surface area contributed by atoms with Crippen LogP contribution in [0, 0.1) is 0 Å². The maximum Gasteiger partial charge on any atom is 0.0584 e. The van der Waals surface area contributed by atoms with Crippen LogP contribution in [0.1, 0.15) is 12.6 Å². The summed E-state index contributed by atoms with van der Waals surface area (Å²) in [6, 6.07) is 3.72. The fourth-order valence-corrected chi connectivity index (χ4v) is 1.27. The Bertz CT molecular complexity index is 293. The van der Waals surface area contributed by atoms with Gasteiger partial charge in [-0.15, -0.1) is 0 Å². The van der Waals surface area contributed by atoms with Gasteiger partial charge in [-0.1, -0.05) is 11.6 Å². The van der Waals surface area contributed by atoms with Crippen LogP contribution in [-0.4, -0.2) is 34.7 Å². The summed E-state index contributed by atoms with van der Waals surface area (Å²) in [5.41, 5.74) is 0.917. The largest absolute Gasteiger partial charge is 0.395 e. The molecule has 0 aromatic carbocycles. The molecular weight excluding hydrogens is 200 g/mol. The Hall–Kier alpha value is -0.640. The van der Waals surface area contributed by atoms with Gasteiger partial charge in [0.15, 0.2) is 0 Å². The van der Waals surface area contributed by atoms with Gasteiger partial charge in [0, 0.05) is 23.8 Å². The average molecular weight is 215 g/mol. The van der Waals surface area contributed by atoms with Crippen molar-refractivity contribution in [2.75, 3.05) is 13.7 Å². The lowest BCUT2D eigenvalue weighted by molar-refractivity contribution is 0.153. The van der Waals surface area contributed by atoms with Crippen molar-refractivity contribution < 1.29 is 5.11 Å². The number of hydrogen-bond donors (Lipinski definition) is 1. The van der Waals surface area contributed by atoms with E-state index in [0.29, 0.717) is 11.6 Å². The first-order valence-corrected chi connectivity index (χ1v) is 4.93. The highest BCUT2D eigenvalue weighted by molar-refractivity contribution is 6.30. The lowest BCUT2D eigenvalue weighted by Gasteiger charge is -2.22. The quantitative estimate of drug-likeness (QED) is 0.826. The molecule has 0 saturated carbocycles. The normalized spacial score (nSPS) is 13.2. The monoisotopic (exact) mass is 214 g/mol. The first-order valence-electron chi connectivity index (χ1n) is 4.55. The Kier molecular flexibility index (Phi) is 4.32. The predicted octanol–water partition coefficient (Wildman–Crippen LogP) is 1.55. The van der Waals surface area contributed by atoms with Gasteiger partial charge >= 0.3 is 0 Å². The third-order valence-electron chi connectivity index (χ3n) is 2.21. The molecule has 4 heteroatoms. The summed E-state index contributed by atoms with van der Waals surface area (Å²) in [5.74, 6) is 0. The van der Waals surface area contributed by atoms with Crippen LogP contribution in [0.4, 0.5) is 0 Å². The topological polar surface area (TPSA) is 36.4 Å². The van der Waals surface area contributed by atoms with E-state index in [1.165, 1.54) is 0 Å². The Labute approximate surface area is 89.3 Å². The summed E-state index contributed by atoms with van der Waals surface area (Å²) in [5, 5.41) is 9.64. The molecular formula is C10H15ClN2O. The van der Waals surface area contributed by atoms with Gasteiger partial charge in [-0.3, -0.25) is 9.88 Å². The van der Waals surface area contributed by atoms with Gasteiger partial charge in [0.05, 0.1) is 12.3 Å². The molecule has 1 rings (SSSR count). The van der Waals surface area contributed by atoms with Gasteiger partial charge in [0.25, 0.3) is 0 Å². The van der Waals surface area contributed by atoms with Crippen molar-refractivity contribution in [1.82, 2.24) is 9.88 Å². The minimum absolute atomic E-state index is 0.135. The van der Waals surface area contributed by atoms with Crippen molar-refractivity contribution in [2.24, 2.45) is 0 Å². The molecule has 1 unspecified atom stereocenters. The van der Waals surface area contributed by atoms with E-state index in [4.69, 9.17) is 16.7 Å². The summed E-state index contributed by atoms with van der Waals surface area (Å²) in [6.45, 7) is 2.81. The van der Waals surface area contributed by atoms with Crippen LogP contribution in [0.2, 0.25) is 5.02 Å². The molecule has 1 atom stereocenters. The molecule has 1 aromatic rings. The van der Waals surface area contributed by atoms with Gasteiger partial charge in [-0.05, 0) is 26.1 Å². The summed E-state index contributed by atoms with van der Waals surface area (Å²) in [4.78, 5) is 6.21. The summed E-state index contributed by atoms with van der Waals surface area (Å²) in [7, 11) is 1.95. The average Bonchev–Trinajstić information content (AvgIpc) is 2.16. The maximum atomic E-state index is 8.95. The van der Waals surface area contributed by atoms with Crippen molar-refractivity contribution in [2.45, 2.75) is 19.5 Å². The van der Waals surface area contributed by atoms with E-state index in [2.05, 4.69) is 4.98 Å². The Morgan fingerprint density at radius 2 is 2.36 bits per heavy atom. The number of pyridine rings is 1. The second kappa shape index (κ2) is 5.29. The molecule has 14 heavy (non-hydrogen) atoms. The minimum atomic E-state index is 0.135. The second-order valence-electron chi connectivity index (χ2n) is 3.41. The highest BCUT2D eigenvalue weighted by Crippen LogP contribution is 2.10. The van der Waals surface area contributed by atoms with E-state index in [1.807, 2.05) is 24.9 Å². The first kappa shape index (κ1) is 11.4. The molecule has 1 aromatic heterocycles. The van der Waals surface area contributed by atoms with Crippen LogP contribution in [0.3, 0.4) is 0 Å². The molecule has 0 radical (unpaired) electrons. The van der Waals surface area contributed by atoms with E-state index in [0.717, 1.165) is 5.69 Å². The van der Waals surface area contributed by atoms with Crippen LogP contribution >= 0.6 is 11.6 Å². The standard InChI is InChI=1S/C10H15ClN2O/c1-8(7-14)13(2)6-10-5-9(11)3-4-12-10/h3-5,8,14H,6-7H2,1-2H3. The molecule has 0 amide bonds. The fraction of sp³-hybridized carbons (Fsp3) is 0.500. The Balaban J connectivity index is 2.60. The third kappa shape index (κ3) is 3.25. The van der Waals surface area contributed by atoms with E-state index in [-0.39, 0.29) is 12.6 Å². The molecule has 78 valence electrons. The number of rotatable bonds is 4. The minimum Gasteiger partial charge on any atom is -0.395 e. The van der Waals surface area contributed by atoms with Crippen LogP contribution in [0.5, 0.6) is 0 Å². The highest BCUT2D eigenvalue weighted by atomic mass is 35.5. The van der Waals surface area contributed by atoms with Crippen LogP contribution in [0.15, 0.2) is 18.3 Å². The fourth-order valence-electron chi connectivity index (χ4n) is 1.09. The Morgan fingerprint density at radius 3 is 2.93 bits per heavy atom. The van der Waals surface area contributed by atoms with Gasteiger partial charge in [0.1, 0.15) is 0 Å². The lowest BCUT2D eigenvalue weighted by Crippen LogP contribution is -2.31. The highest BCUT2D eigenvalue weighted by Gasteiger charge is 2.08. The molecule has 0 aliphatic carbocycles. The molecule has 1 N–H and O–H groups in total. The number of aliphatic hydroxyl groups excluding tert-OH is 1. The van der Waals surface area contributed by atoms with Crippen LogP contribution < -0.4 is 0 Å². The number of nitrogens with zero attached hydrogens (tertiary/aromatic N) is 2. The molecule has 0 spiro atoms. The van der Waals surface area contributed by atoms with E-state index in [9.17, 15) is 0 Å². The molecule has 0 bridgehead atoms. The lowest BCUT2D eigenvalue weighted by atomic mass is 10.3. The molecule has 1 heterocycles. The van der Waals surface area contributed by atoms with Crippen molar-refractivity contribution in [3.05, 3.63) is 29.0 Å². The maximum absolute atomic E-state index is 8.95. The predicted molar refractivity (Wildman–Crippen MR) is 57.3 cm³/mol. The molecule has 0 fully saturated rings. The van der Waals surface area contributed by atoms with Crippen molar-refractivity contribution in [3.63, 3.8) is 0 Å². The van der Waals surface area contributed by atoms with Crippen LogP contribution in [-0.2, 0) is 6.54 Å². The van der Waals surface area contributed by atoms with Gasteiger partial charge in [-0.25, -0.2) is 0 Å². The summed E-state index contributed by atoms with van der Waals surface area (Å²) in [6.07, 6.45) is 1.69. The van der Waals surface area contributed by atoms with Gasteiger partial charge < -0.3 is 5.11 Å². The van der Waals surface area contributed by atoms with Crippen molar-refractivity contribution in [3.8, 4) is 0 Å². The summed E-state index contributed by atoms with van der Waals surface area (Å²) >= 11 is 5.83. The smallest absolute Gasteiger partial charge is 0.0584 e. The van der Waals surface area contributed by atoms with E-state index >= 15 is 0 Å². The third-order valence-corrected chi connectivity index (χ3v) is 2.44. The first-order chi connectivity index (χ1) is 6.63. The SMILES string of the molecule is CC(CO)N(C)Cc1cc(Cl)ccn1. The molecule has 3 nitrogen and oxygen atoms in total. The second-order valence-corrected chi connectivity index (χ2v) is 3.85. The molecule has 0 aliphatic rings. The van der Waals surface area contributed by atoms with Crippen molar-refractivity contribution in [1.29, 1.82) is 0 Å². The van der Waals surface area contributed by atoms with Crippen LogP contribution in [0.25, 0.3) is 0 Å². The summed E-state index contributed by atoms with van der Waals surface area (Å²) < 4.78 is 0. The van der Waals surface area contributed by atoms with Gasteiger partial charge in [-0.2, -0.15) is 0 Å². The van der Waals surface area contributed by atoms with E-state index in [1.54, 1.807) is 12.3 Å². The zero-order valence-corrected chi connectivity index (χ0v) is 9.20. The van der Waals surface area contributed by atoms with Crippen molar-refractivity contribution >= 4 is 11.6 Å².